The third kappa shape index (κ3) is 3.25. The van der Waals surface area contributed by atoms with Gasteiger partial charge in [-0.05, 0) is 18.1 Å². The van der Waals surface area contributed by atoms with Crippen molar-refractivity contribution in [3.05, 3.63) is 93.9 Å². The van der Waals surface area contributed by atoms with Crippen LogP contribution >= 0.6 is 0 Å². The van der Waals surface area contributed by atoms with E-state index in [2.05, 4.69) is 15.4 Å². The highest BCUT2D eigenvalue weighted by Gasteiger charge is 2.16. The van der Waals surface area contributed by atoms with Gasteiger partial charge in [0.2, 0.25) is 0 Å². The molecule has 0 bridgehead atoms. The van der Waals surface area contributed by atoms with Crippen molar-refractivity contribution in [2.45, 2.75) is 13.5 Å². The molecule has 0 radical (unpaired) electrons. The minimum absolute atomic E-state index is 0.267. The van der Waals surface area contributed by atoms with Gasteiger partial charge in [0.15, 0.2) is 5.65 Å². The van der Waals surface area contributed by atoms with Crippen molar-refractivity contribution in [2.24, 2.45) is 0 Å². The number of carbonyl (C=O) groups excluding carboxylic acids is 1. The first-order valence-corrected chi connectivity index (χ1v) is 8.63. The van der Waals surface area contributed by atoms with Crippen molar-refractivity contribution >= 4 is 11.6 Å². The maximum atomic E-state index is 12.7. The van der Waals surface area contributed by atoms with Crippen LogP contribution in [0.4, 0.5) is 0 Å². The van der Waals surface area contributed by atoms with Crippen LogP contribution < -0.4 is 10.9 Å². The molecule has 4 aromatic rings. The first kappa shape index (κ1) is 16.8. The molecule has 0 spiro atoms. The van der Waals surface area contributed by atoms with Crippen LogP contribution in [0.3, 0.4) is 0 Å². The first-order chi connectivity index (χ1) is 13.1. The Labute approximate surface area is 155 Å². The van der Waals surface area contributed by atoms with E-state index in [1.807, 2.05) is 61.5 Å². The van der Waals surface area contributed by atoms with Gasteiger partial charge in [-0.15, -0.1) is 0 Å². The third-order valence-electron chi connectivity index (χ3n) is 4.51. The average Bonchev–Trinajstić information content (AvgIpc) is 3.12. The highest BCUT2D eigenvalue weighted by atomic mass is 16.2. The summed E-state index contributed by atoms with van der Waals surface area (Å²) in [4.78, 5) is 29.6. The summed E-state index contributed by atoms with van der Waals surface area (Å²) in [6.45, 7) is 2.41. The first-order valence-electron chi connectivity index (χ1n) is 8.63. The Bertz CT molecular complexity index is 1180. The lowest BCUT2D eigenvalue weighted by Crippen LogP contribution is -2.24. The number of benzene rings is 2. The molecule has 0 saturated carbocycles. The lowest BCUT2D eigenvalue weighted by molar-refractivity contribution is 0.0952. The number of hydrogen-bond acceptors (Lipinski definition) is 3. The lowest BCUT2D eigenvalue weighted by atomic mass is 10.1. The van der Waals surface area contributed by atoms with Crippen molar-refractivity contribution < 1.29 is 4.79 Å². The van der Waals surface area contributed by atoms with Crippen molar-refractivity contribution in [3.63, 3.8) is 0 Å². The molecular weight excluding hydrogens is 340 g/mol. The van der Waals surface area contributed by atoms with E-state index in [1.54, 1.807) is 0 Å². The minimum atomic E-state index is -0.283. The number of nitrogens with one attached hydrogen (secondary N) is 2. The van der Waals surface area contributed by atoms with Crippen LogP contribution in [-0.2, 0) is 6.54 Å². The summed E-state index contributed by atoms with van der Waals surface area (Å²) in [6, 6.07) is 18.7. The Morgan fingerprint density at radius 2 is 1.85 bits per heavy atom. The van der Waals surface area contributed by atoms with E-state index in [-0.39, 0.29) is 11.5 Å². The molecule has 0 atom stereocenters. The Morgan fingerprint density at radius 3 is 2.63 bits per heavy atom. The fraction of sp³-hybridized carbons (Fsp3) is 0.0952. The standard InChI is InChI=1S/C21H18N4O2/c1-14-7-5-6-10-16(14)12-22-21(27)17-13-23-25-19(26)11-18(24-20(17)25)15-8-3-2-4-9-15/h2-11,13,23H,12H2,1H3,(H,22,27). The Kier molecular flexibility index (Phi) is 4.30. The number of fused-ring (bicyclic) bond motifs is 1. The van der Waals surface area contributed by atoms with Gasteiger partial charge in [-0.25, -0.2) is 9.50 Å². The highest BCUT2D eigenvalue weighted by molar-refractivity contribution is 5.99. The van der Waals surface area contributed by atoms with Crippen molar-refractivity contribution in [2.75, 3.05) is 0 Å². The number of nitrogens with zero attached hydrogens (tertiary/aromatic N) is 2. The molecule has 0 aliphatic rings. The summed E-state index contributed by atoms with van der Waals surface area (Å²) in [5.74, 6) is -0.283. The molecule has 134 valence electrons. The number of aromatic nitrogens is 3. The van der Waals surface area contributed by atoms with Crippen LogP contribution in [0.5, 0.6) is 0 Å². The van der Waals surface area contributed by atoms with Gasteiger partial charge in [-0.1, -0.05) is 54.6 Å². The number of carbonyl (C=O) groups is 1. The zero-order chi connectivity index (χ0) is 18.8. The number of H-pyrrole nitrogens is 1. The van der Waals surface area contributed by atoms with E-state index >= 15 is 0 Å². The Morgan fingerprint density at radius 1 is 1.11 bits per heavy atom. The smallest absolute Gasteiger partial charge is 0.273 e. The predicted molar refractivity (Wildman–Crippen MR) is 104 cm³/mol. The predicted octanol–water partition coefficient (Wildman–Crippen LogP) is 2.93. The van der Waals surface area contributed by atoms with E-state index in [0.717, 1.165) is 16.7 Å². The number of hydrogen-bond donors (Lipinski definition) is 2. The molecule has 1 amide bonds. The molecule has 0 aliphatic carbocycles. The third-order valence-corrected chi connectivity index (χ3v) is 4.51. The molecule has 0 unspecified atom stereocenters. The fourth-order valence-corrected chi connectivity index (χ4v) is 2.98. The summed E-state index contributed by atoms with van der Waals surface area (Å²) in [6.07, 6.45) is 1.51. The van der Waals surface area contributed by atoms with Gasteiger partial charge in [0.25, 0.3) is 11.5 Å². The second-order valence-electron chi connectivity index (χ2n) is 6.30. The van der Waals surface area contributed by atoms with Gasteiger partial charge in [0.1, 0.15) is 5.56 Å². The number of aryl methyl sites for hydroxylation is 1. The van der Waals surface area contributed by atoms with E-state index in [9.17, 15) is 9.59 Å². The molecule has 27 heavy (non-hydrogen) atoms. The molecule has 6 nitrogen and oxygen atoms in total. The SMILES string of the molecule is Cc1ccccc1CNC(=O)c1c[nH]n2c(=O)cc(-c3ccccc3)nc12. The van der Waals surface area contributed by atoms with Gasteiger partial charge in [0.05, 0.1) is 5.69 Å². The van der Waals surface area contributed by atoms with Gasteiger partial charge < -0.3 is 5.32 Å². The van der Waals surface area contributed by atoms with Crippen LogP contribution in [0.15, 0.2) is 71.7 Å². The lowest BCUT2D eigenvalue weighted by Gasteiger charge is -2.07. The minimum Gasteiger partial charge on any atom is -0.348 e. The van der Waals surface area contributed by atoms with E-state index < -0.39 is 0 Å². The Balaban J connectivity index is 1.67. The average molecular weight is 358 g/mol. The molecule has 0 saturated heterocycles. The van der Waals surface area contributed by atoms with E-state index in [0.29, 0.717) is 23.4 Å². The molecule has 2 heterocycles. The normalized spacial score (nSPS) is 10.9. The zero-order valence-corrected chi connectivity index (χ0v) is 14.8. The van der Waals surface area contributed by atoms with Crippen molar-refractivity contribution in [1.29, 1.82) is 0 Å². The molecule has 6 heteroatoms. The molecule has 0 aliphatic heterocycles. The topological polar surface area (TPSA) is 79.3 Å². The second kappa shape index (κ2) is 6.92. The van der Waals surface area contributed by atoms with Crippen molar-refractivity contribution in [1.82, 2.24) is 19.9 Å². The van der Waals surface area contributed by atoms with Crippen LogP contribution in [-0.4, -0.2) is 20.5 Å². The maximum Gasteiger partial charge on any atom is 0.273 e. The Hall–Kier alpha value is -3.67. The summed E-state index contributed by atoms with van der Waals surface area (Å²) < 4.78 is 1.27. The van der Waals surface area contributed by atoms with E-state index in [4.69, 9.17) is 0 Å². The maximum absolute atomic E-state index is 12.7. The zero-order valence-electron chi connectivity index (χ0n) is 14.8. The molecule has 4 rings (SSSR count). The number of aromatic amines is 1. The monoisotopic (exact) mass is 358 g/mol. The molecule has 2 aromatic carbocycles. The van der Waals surface area contributed by atoms with Crippen molar-refractivity contribution in [3.8, 4) is 11.3 Å². The van der Waals surface area contributed by atoms with Crippen LogP contribution in [0.2, 0.25) is 0 Å². The summed E-state index contributed by atoms with van der Waals surface area (Å²) >= 11 is 0. The summed E-state index contributed by atoms with van der Waals surface area (Å²) in [5, 5.41) is 5.71. The van der Waals surface area contributed by atoms with E-state index in [1.165, 1.54) is 16.8 Å². The highest BCUT2D eigenvalue weighted by Crippen LogP contribution is 2.17. The number of amides is 1. The molecule has 2 N–H and O–H groups in total. The van der Waals surface area contributed by atoms with Crippen LogP contribution in [0, 0.1) is 6.92 Å². The van der Waals surface area contributed by atoms with Gasteiger partial charge in [-0.2, -0.15) is 0 Å². The number of rotatable bonds is 4. The summed E-state index contributed by atoms with van der Waals surface area (Å²) in [5.41, 5.74) is 3.88. The molecule has 0 fully saturated rings. The van der Waals surface area contributed by atoms with Gasteiger partial charge in [-0.3, -0.25) is 14.7 Å². The van der Waals surface area contributed by atoms with Crippen LogP contribution in [0.1, 0.15) is 21.5 Å². The molecule has 2 aromatic heterocycles. The second-order valence-corrected chi connectivity index (χ2v) is 6.30. The van der Waals surface area contributed by atoms with Gasteiger partial charge >= 0.3 is 0 Å². The van der Waals surface area contributed by atoms with Crippen LogP contribution in [0.25, 0.3) is 16.9 Å². The quantitative estimate of drug-likeness (QED) is 0.589. The fourth-order valence-electron chi connectivity index (χ4n) is 2.98. The summed E-state index contributed by atoms with van der Waals surface area (Å²) in [7, 11) is 0. The molecular formula is C21H18N4O2. The largest absolute Gasteiger partial charge is 0.348 e. The van der Waals surface area contributed by atoms with Gasteiger partial charge in [0, 0.05) is 24.4 Å².